The Balaban J connectivity index is 1.91. The van der Waals surface area contributed by atoms with Gasteiger partial charge in [-0.3, -0.25) is 4.79 Å². The quantitative estimate of drug-likeness (QED) is 0.840. The minimum atomic E-state index is -0.0300. The zero-order chi connectivity index (χ0) is 15.4. The summed E-state index contributed by atoms with van der Waals surface area (Å²) >= 11 is 11.0. The minimum Gasteiger partial charge on any atom is -0.482 e. The zero-order valence-corrected chi connectivity index (χ0v) is 13.4. The Kier molecular flexibility index (Phi) is 5.39. The maximum Gasteiger partial charge on any atom is 0.260 e. The van der Waals surface area contributed by atoms with Gasteiger partial charge in [0, 0.05) is 31.7 Å². The topological polar surface area (TPSA) is 58.8 Å². The molecule has 1 aliphatic rings. The van der Waals surface area contributed by atoms with E-state index in [1.807, 2.05) is 7.05 Å². The van der Waals surface area contributed by atoms with Crippen molar-refractivity contribution < 1.29 is 9.53 Å². The second-order valence-electron chi connectivity index (χ2n) is 4.98. The molecule has 2 rings (SSSR count). The number of amides is 1. The van der Waals surface area contributed by atoms with Crippen LogP contribution in [0.15, 0.2) is 18.2 Å². The highest BCUT2D eigenvalue weighted by Crippen LogP contribution is 2.25. The molecule has 0 radical (unpaired) electrons. The van der Waals surface area contributed by atoms with Gasteiger partial charge in [0.15, 0.2) is 6.61 Å². The molecule has 0 aromatic heterocycles. The van der Waals surface area contributed by atoms with E-state index >= 15 is 0 Å². The average Bonchev–Trinajstić information content (AvgIpc) is 2.46. The van der Waals surface area contributed by atoms with Crippen LogP contribution in [0.25, 0.3) is 0 Å². The van der Waals surface area contributed by atoms with Crippen molar-refractivity contribution in [2.45, 2.75) is 0 Å². The van der Waals surface area contributed by atoms with Gasteiger partial charge in [-0.15, -0.1) is 0 Å². The van der Waals surface area contributed by atoms with Crippen molar-refractivity contribution in [3.05, 3.63) is 28.8 Å². The number of carbonyl (C=O) groups is 1. The molecule has 114 valence electrons. The fourth-order valence-electron chi connectivity index (χ4n) is 2.06. The number of hydrogen-bond acceptors (Lipinski definition) is 4. The molecule has 0 spiro atoms. The highest BCUT2D eigenvalue weighted by atomic mass is 35.5. The van der Waals surface area contributed by atoms with Crippen molar-refractivity contribution in [3.8, 4) is 5.75 Å². The molecule has 0 aliphatic carbocycles. The maximum atomic E-state index is 12.1. The first-order chi connectivity index (χ1) is 9.97. The van der Waals surface area contributed by atoms with Crippen molar-refractivity contribution in [1.29, 1.82) is 0 Å². The molecule has 5 nitrogen and oxygen atoms in total. The average molecular weight is 328 g/mol. The monoisotopic (exact) mass is 327 g/mol. The summed E-state index contributed by atoms with van der Waals surface area (Å²) in [6.45, 7) is 3.21. The third kappa shape index (κ3) is 4.30. The number of nitrogens with two attached hydrogens (primary N) is 1. The summed E-state index contributed by atoms with van der Waals surface area (Å²) in [5.74, 6) is 0.428. The van der Waals surface area contributed by atoms with Crippen LogP contribution in [-0.2, 0) is 4.79 Å². The Morgan fingerprint density at radius 3 is 2.62 bits per heavy atom. The van der Waals surface area contributed by atoms with Crippen molar-refractivity contribution in [3.63, 3.8) is 0 Å². The molecule has 1 heterocycles. The van der Waals surface area contributed by atoms with Gasteiger partial charge in [-0.05, 0) is 25.2 Å². The third-order valence-corrected chi connectivity index (χ3v) is 3.95. The lowest BCUT2D eigenvalue weighted by Gasteiger charge is -2.32. The standard InChI is InChI=1S/C14H18ClN3O2S/c1-17-4-6-18(7-5-17)13(19)9-20-12-3-2-10(14(16)21)8-11(12)15/h2-3,8H,4-7,9H2,1H3,(H2,16,21). The summed E-state index contributed by atoms with van der Waals surface area (Å²) in [7, 11) is 2.04. The molecule has 0 saturated carbocycles. The molecular weight excluding hydrogens is 310 g/mol. The first kappa shape index (κ1) is 16.0. The van der Waals surface area contributed by atoms with E-state index in [0.717, 1.165) is 26.2 Å². The predicted octanol–water partition coefficient (Wildman–Crippen LogP) is 1.13. The number of carbonyl (C=O) groups excluding carboxylic acids is 1. The summed E-state index contributed by atoms with van der Waals surface area (Å²) < 4.78 is 5.49. The van der Waals surface area contributed by atoms with Gasteiger partial charge in [-0.2, -0.15) is 0 Å². The zero-order valence-electron chi connectivity index (χ0n) is 11.8. The minimum absolute atomic E-state index is 0.0180. The lowest BCUT2D eigenvalue weighted by molar-refractivity contribution is -0.134. The molecule has 1 amide bonds. The molecule has 1 aromatic carbocycles. The van der Waals surface area contributed by atoms with Crippen LogP contribution < -0.4 is 10.5 Å². The molecule has 7 heteroatoms. The lowest BCUT2D eigenvalue weighted by atomic mass is 10.2. The summed E-state index contributed by atoms with van der Waals surface area (Å²) in [6.07, 6.45) is 0. The van der Waals surface area contributed by atoms with Crippen LogP contribution in [0.2, 0.25) is 5.02 Å². The highest BCUT2D eigenvalue weighted by Gasteiger charge is 2.19. The number of piperazine rings is 1. The summed E-state index contributed by atoms with van der Waals surface area (Å²) in [6, 6.07) is 5.04. The highest BCUT2D eigenvalue weighted by molar-refractivity contribution is 7.80. The smallest absolute Gasteiger partial charge is 0.260 e. The molecule has 2 N–H and O–H groups in total. The van der Waals surface area contributed by atoms with Crippen LogP contribution >= 0.6 is 23.8 Å². The Bertz CT molecular complexity index is 545. The van der Waals surface area contributed by atoms with E-state index in [0.29, 0.717) is 16.3 Å². The van der Waals surface area contributed by atoms with E-state index in [2.05, 4.69) is 4.90 Å². The third-order valence-electron chi connectivity index (χ3n) is 3.42. The fraction of sp³-hybridized carbons (Fsp3) is 0.429. The Morgan fingerprint density at radius 2 is 2.05 bits per heavy atom. The van der Waals surface area contributed by atoms with Crippen molar-refractivity contribution in [1.82, 2.24) is 9.80 Å². The van der Waals surface area contributed by atoms with Crippen LogP contribution in [0.3, 0.4) is 0 Å². The molecule has 1 saturated heterocycles. The van der Waals surface area contributed by atoms with Gasteiger partial charge in [0.2, 0.25) is 0 Å². The summed E-state index contributed by atoms with van der Waals surface area (Å²) in [4.78, 5) is 16.3. The number of nitrogens with zero attached hydrogens (tertiary/aromatic N) is 2. The first-order valence-electron chi connectivity index (χ1n) is 6.66. The maximum absolute atomic E-state index is 12.1. The molecule has 1 aromatic rings. The fourth-order valence-corrected chi connectivity index (χ4v) is 2.42. The number of halogens is 1. The largest absolute Gasteiger partial charge is 0.482 e. The number of thiocarbonyl (C=S) groups is 1. The summed E-state index contributed by atoms with van der Waals surface area (Å²) in [5.41, 5.74) is 6.20. The molecule has 1 fully saturated rings. The number of ether oxygens (including phenoxy) is 1. The predicted molar refractivity (Wildman–Crippen MR) is 86.9 cm³/mol. The van der Waals surface area contributed by atoms with E-state index in [1.54, 1.807) is 23.1 Å². The molecular formula is C14H18ClN3O2S. The number of hydrogen-bond donors (Lipinski definition) is 1. The van der Waals surface area contributed by atoms with E-state index in [1.165, 1.54) is 0 Å². The second-order valence-corrected chi connectivity index (χ2v) is 5.83. The Labute approximate surface area is 134 Å². The van der Waals surface area contributed by atoms with Crippen molar-refractivity contribution >= 4 is 34.7 Å². The van der Waals surface area contributed by atoms with Gasteiger partial charge >= 0.3 is 0 Å². The van der Waals surface area contributed by atoms with Crippen LogP contribution in [-0.4, -0.2) is 60.5 Å². The summed E-state index contributed by atoms with van der Waals surface area (Å²) in [5, 5.41) is 0.395. The van der Waals surface area contributed by atoms with Gasteiger partial charge in [-0.1, -0.05) is 23.8 Å². The molecule has 0 bridgehead atoms. The SMILES string of the molecule is CN1CCN(C(=O)COc2ccc(C(N)=S)cc2Cl)CC1. The first-order valence-corrected chi connectivity index (χ1v) is 7.44. The van der Waals surface area contributed by atoms with E-state index < -0.39 is 0 Å². The van der Waals surface area contributed by atoms with Gasteiger partial charge in [0.1, 0.15) is 10.7 Å². The number of benzene rings is 1. The Hall–Kier alpha value is -1.37. The van der Waals surface area contributed by atoms with E-state index in [-0.39, 0.29) is 17.5 Å². The Morgan fingerprint density at radius 1 is 1.38 bits per heavy atom. The van der Waals surface area contributed by atoms with Crippen molar-refractivity contribution in [2.24, 2.45) is 5.73 Å². The molecule has 0 atom stereocenters. The van der Waals surface area contributed by atoms with Gasteiger partial charge < -0.3 is 20.3 Å². The van der Waals surface area contributed by atoms with Crippen LogP contribution in [0, 0.1) is 0 Å². The molecule has 1 aliphatic heterocycles. The van der Waals surface area contributed by atoms with Gasteiger partial charge in [-0.25, -0.2) is 0 Å². The van der Waals surface area contributed by atoms with Gasteiger partial charge in [0.25, 0.3) is 5.91 Å². The van der Waals surface area contributed by atoms with Crippen molar-refractivity contribution in [2.75, 3.05) is 39.8 Å². The molecule has 21 heavy (non-hydrogen) atoms. The second kappa shape index (κ2) is 7.06. The van der Waals surface area contributed by atoms with Gasteiger partial charge in [0.05, 0.1) is 5.02 Å². The van der Waals surface area contributed by atoms with Crippen LogP contribution in [0.5, 0.6) is 5.75 Å². The normalized spacial score (nSPS) is 15.8. The van der Waals surface area contributed by atoms with Crippen LogP contribution in [0.1, 0.15) is 5.56 Å². The molecule has 0 unspecified atom stereocenters. The number of rotatable bonds is 4. The van der Waals surface area contributed by atoms with E-state index in [9.17, 15) is 4.79 Å². The van der Waals surface area contributed by atoms with Crippen LogP contribution in [0.4, 0.5) is 0 Å². The number of likely N-dealkylation sites (N-methyl/N-ethyl adjacent to an activating group) is 1. The van der Waals surface area contributed by atoms with E-state index in [4.69, 9.17) is 34.3 Å². The lowest BCUT2D eigenvalue weighted by Crippen LogP contribution is -2.48.